The van der Waals surface area contributed by atoms with Gasteiger partial charge in [-0.2, -0.15) is 0 Å². The summed E-state index contributed by atoms with van der Waals surface area (Å²) >= 11 is 0. The van der Waals surface area contributed by atoms with Crippen molar-refractivity contribution in [3.8, 4) is 0 Å². The van der Waals surface area contributed by atoms with Crippen molar-refractivity contribution < 1.29 is 38.9 Å². The van der Waals surface area contributed by atoms with E-state index in [1.54, 1.807) is 19.1 Å². The number of rotatable bonds is 9. The quantitative estimate of drug-likeness (QED) is 0.415. The van der Waals surface area contributed by atoms with Gasteiger partial charge in [0.1, 0.15) is 6.61 Å². The van der Waals surface area contributed by atoms with E-state index in [-0.39, 0.29) is 42.8 Å². The second-order valence-corrected chi connectivity index (χ2v) is 6.73. The SMILES string of the molecule is CCN(NC(=O)CCNC(=O)OCc1ccccc1)C(=O)c1cc(C(=O)O)cc(C(=O)O)c1. The molecule has 33 heavy (non-hydrogen) atoms. The molecule has 0 spiro atoms. The van der Waals surface area contributed by atoms with Crippen molar-refractivity contribution in [1.82, 2.24) is 15.8 Å². The Hall–Kier alpha value is -4.41. The van der Waals surface area contributed by atoms with Gasteiger partial charge >= 0.3 is 18.0 Å². The predicted octanol–water partition coefficient (Wildman–Crippen LogP) is 1.89. The summed E-state index contributed by atoms with van der Waals surface area (Å²) in [6.07, 6.45) is -0.874. The van der Waals surface area contributed by atoms with Gasteiger partial charge in [-0.3, -0.25) is 20.0 Å². The van der Waals surface area contributed by atoms with Crippen molar-refractivity contribution in [3.05, 3.63) is 70.8 Å². The zero-order chi connectivity index (χ0) is 24.4. The standard InChI is InChI=1S/C22H23N3O8/c1-2-25(19(27)15-10-16(20(28)29)12-17(11-15)21(30)31)24-18(26)8-9-23-22(32)33-13-14-6-4-3-5-7-14/h3-7,10-12H,2,8-9,13H2,1H3,(H,23,32)(H,24,26)(H,28,29)(H,30,31). The highest BCUT2D eigenvalue weighted by molar-refractivity contribution is 6.01. The third-order valence-electron chi connectivity index (χ3n) is 4.33. The summed E-state index contributed by atoms with van der Waals surface area (Å²) < 4.78 is 5.03. The molecule has 2 aromatic rings. The van der Waals surface area contributed by atoms with Gasteiger partial charge in [0.05, 0.1) is 11.1 Å². The monoisotopic (exact) mass is 457 g/mol. The molecule has 0 bridgehead atoms. The van der Waals surface area contributed by atoms with Crippen LogP contribution in [0.1, 0.15) is 50.0 Å². The number of benzene rings is 2. The Bertz CT molecular complexity index is 1010. The van der Waals surface area contributed by atoms with Gasteiger partial charge < -0.3 is 20.3 Å². The average Bonchev–Trinajstić information content (AvgIpc) is 2.81. The molecular weight excluding hydrogens is 434 g/mol. The second-order valence-electron chi connectivity index (χ2n) is 6.73. The number of carbonyl (C=O) groups excluding carboxylic acids is 3. The Morgan fingerprint density at radius 1 is 0.909 bits per heavy atom. The number of nitrogens with one attached hydrogen (secondary N) is 2. The van der Waals surface area contributed by atoms with E-state index in [2.05, 4.69) is 10.7 Å². The average molecular weight is 457 g/mol. The first-order valence-corrected chi connectivity index (χ1v) is 9.88. The van der Waals surface area contributed by atoms with Crippen LogP contribution in [0.5, 0.6) is 0 Å². The Kier molecular flexibility index (Phi) is 8.92. The number of alkyl carbamates (subject to hydrolysis) is 1. The van der Waals surface area contributed by atoms with Crippen molar-refractivity contribution in [3.63, 3.8) is 0 Å². The van der Waals surface area contributed by atoms with Crippen LogP contribution in [-0.4, -0.2) is 58.2 Å². The predicted molar refractivity (Wildman–Crippen MR) is 114 cm³/mol. The van der Waals surface area contributed by atoms with E-state index >= 15 is 0 Å². The summed E-state index contributed by atoms with van der Waals surface area (Å²) in [5.74, 6) is -4.18. The highest BCUT2D eigenvalue weighted by Crippen LogP contribution is 2.13. The number of nitrogens with zero attached hydrogens (tertiary/aromatic N) is 1. The van der Waals surface area contributed by atoms with Gasteiger partial charge in [-0.1, -0.05) is 30.3 Å². The maximum atomic E-state index is 12.7. The first kappa shape index (κ1) is 24.9. The number of hydrogen-bond donors (Lipinski definition) is 4. The molecular formula is C22H23N3O8. The Balaban J connectivity index is 1.90. The second kappa shape index (κ2) is 11.8. The Morgan fingerprint density at radius 3 is 2.03 bits per heavy atom. The van der Waals surface area contributed by atoms with E-state index in [9.17, 15) is 24.0 Å². The first-order valence-electron chi connectivity index (χ1n) is 9.88. The minimum absolute atomic E-state index is 0.0246. The highest BCUT2D eigenvalue weighted by Gasteiger charge is 2.21. The van der Waals surface area contributed by atoms with Gasteiger partial charge in [0, 0.05) is 25.1 Å². The zero-order valence-electron chi connectivity index (χ0n) is 17.7. The van der Waals surface area contributed by atoms with E-state index in [4.69, 9.17) is 14.9 Å². The fourth-order valence-electron chi connectivity index (χ4n) is 2.69. The van der Waals surface area contributed by atoms with Gasteiger partial charge in [-0.25, -0.2) is 14.4 Å². The molecule has 0 saturated heterocycles. The Morgan fingerprint density at radius 2 is 1.48 bits per heavy atom. The summed E-state index contributed by atoms with van der Waals surface area (Å²) in [5, 5.41) is 21.6. The molecule has 0 aromatic heterocycles. The largest absolute Gasteiger partial charge is 0.478 e. The lowest BCUT2D eigenvalue weighted by molar-refractivity contribution is -0.124. The maximum Gasteiger partial charge on any atom is 0.407 e. The van der Waals surface area contributed by atoms with Crippen LogP contribution in [0.15, 0.2) is 48.5 Å². The smallest absolute Gasteiger partial charge is 0.407 e. The van der Waals surface area contributed by atoms with Crippen molar-refractivity contribution in [2.24, 2.45) is 0 Å². The minimum Gasteiger partial charge on any atom is -0.478 e. The maximum absolute atomic E-state index is 12.7. The molecule has 0 atom stereocenters. The van der Waals surface area contributed by atoms with Crippen LogP contribution < -0.4 is 10.7 Å². The first-order chi connectivity index (χ1) is 15.7. The minimum atomic E-state index is -1.40. The fourth-order valence-corrected chi connectivity index (χ4v) is 2.69. The van der Waals surface area contributed by atoms with Crippen LogP contribution in [0, 0.1) is 0 Å². The van der Waals surface area contributed by atoms with Crippen molar-refractivity contribution >= 4 is 29.8 Å². The van der Waals surface area contributed by atoms with E-state index < -0.39 is 29.8 Å². The third-order valence-corrected chi connectivity index (χ3v) is 4.33. The summed E-state index contributed by atoms with van der Waals surface area (Å²) in [6, 6.07) is 12.0. The number of amides is 3. The molecule has 0 saturated carbocycles. The molecule has 0 aliphatic heterocycles. The molecule has 174 valence electrons. The molecule has 0 aliphatic rings. The molecule has 11 nitrogen and oxygen atoms in total. The number of carbonyl (C=O) groups is 5. The number of hydrazine groups is 1. The van der Waals surface area contributed by atoms with Crippen LogP contribution in [-0.2, 0) is 16.1 Å². The molecule has 0 unspecified atom stereocenters. The highest BCUT2D eigenvalue weighted by atomic mass is 16.5. The molecule has 0 heterocycles. The zero-order valence-corrected chi connectivity index (χ0v) is 17.7. The summed E-state index contributed by atoms with van der Waals surface area (Å²) in [7, 11) is 0. The van der Waals surface area contributed by atoms with Gasteiger partial charge in [-0.05, 0) is 30.7 Å². The number of carboxylic acid groups (broad SMARTS) is 2. The fraction of sp³-hybridized carbons (Fsp3) is 0.227. The van der Waals surface area contributed by atoms with Crippen molar-refractivity contribution in [1.29, 1.82) is 0 Å². The van der Waals surface area contributed by atoms with Gasteiger partial charge in [0.25, 0.3) is 5.91 Å². The topological polar surface area (TPSA) is 162 Å². The summed E-state index contributed by atoms with van der Waals surface area (Å²) in [5.41, 5.74) is 2.19. The van der Waals surface area contributed by atoms with Crippen molar-refractivity contribution in [2.75, 3.05) is 13.1 Å². The van der Waals surface area contributed by atoms with Crippen LogP contribution >= 0.6 is 0 Å². The van der Waals surface area contributed by atoms with Gasteiger partial charge in [0.2, 0.25) is 5.91 Å². The van der Waals surface area contributed by atoms with Crippen molar-refractivity contribution in [2.45, 2.75) is 20.0 Å². The number of carboxylic acids is 2. The third kappa shape index (κ3) is 7.65. The van der Waals surface area contributed by atoms with Crippen LogP contribution in [0.4, 0.5) is 4.79 Å². The van der Waals surface area contributed by atoms with Crippen LogP contribution in [0.2, 0.25) is 0 Å². The molecule has 3 amide bonds. The molecule has 2 aromatic carbocycles. The van der Waals surface area contributed by atoms with E-state index in [0.29, 0.717) is 0 Å². The molecule has 0 aliphatic carbocycles. The Labute approximate surface area is 188 Å². The number of aromatic carboxylic acids is 2. The summed E-state index contributed by atoms with van der Waals surface area (Å²) in [6.45, 7) is 1.61. The molecule has 0 radical (unpaired) electrons. The van der Waals surface area contributed by atoms with E-state index in [1.165, 1.54) is 0 Å². The van der Waals surface area contributed by atoms with E-state index in [0.717, 1.165) is 28.8 Å². The van der Waals surface area contributed by atoms with Gasteiger partial charge in [-0.15, -0.1) is 0 Å². The van der Waals surface area contributed by atoms with E-state index in [1.807, 2.05) is 18.2 Å². The van der Waals surface area contributed by atoms with Crippen LogP contribution in [0.25, 0.3) is 0 Å². The number of hydrogen-bond acceptors (Lipinski definition) is 6. The lowest BCUT2D eigenvalue weighted by Crippen LogP contribution is -2.46. The van der Waals surface area contributed by atoms with Gasteiger partial charge in [0.15, 0.2) is 0 Å². The van der Waals surface area contributed by atoms with Crippen LogP contribution in [0.3, 0.4) is 0 Å². The summed E-state index contributed by atoms with van der Waals surface area (Å²) in [4.78, 5) is 59.1. The normalized spacial score (nSPS) is 10.1. The molecule has 11 heteroatoms. The number of ether oxygens (including phenoxy) is 1. The lowest BCUT2D eigenvalue weighted by Gasteiger charge is -2.22. The molecule has 0 fully saturated rings. The molecule has 2 rings (SSSR count). The molecule has 4 N–H and O–H groups in total. The lowest BCUT2D eigenvalue weighted by atomic mass is 10.0.